The molecule has 8 heteroatoms. The van der Waals surface area contributed by atoms with E-state index in [0.29, 0.717) is 0 Å². The molecular weight excluding hydrogens is 909 g/mol. The number of halogens is 1. The normalized spacial score (nSPS) is 39.4. The van der Waals surface area contributed by atoms with Crippen LogP contribution < -0.4 is 0 Å². The van der Waals surface area contributed by atoms with Crippen LogP contribution in [0.15, 0.2) is 0 Å². The summed E-state index contributed by atoms with van der Waals surface area (Å²) in [6, 6.07) is 0. The maximum atomic E-state index is 9.45. The van der Waals surface area contributed by atoms with Crippen LogP contribution in [0.25, 0.3) is 0 Å². The third-order valence-corrected chi connectivity index (χ3v) is 3.22. The molecular formula is C7H13Ac3BrO4. The summed E-state index contributed by atoms with van der Waals surface area (Å²) >= 11 is 3.20. The fraction of sp³-hybridized carbons (Fsp3) is 1.00. The zero-order chi connectivity index (χ0) is 9.30. The van der Waals surface area contributed by atoms with E-state index in [4.69, 9.17) is 9.84 Å². The zero-order valence-electron chi connectivity index (χ0n) is 8.45. The van der Waals surface area contributed by atoms with Gasteiger partial charge < -0.3 is 20.1 Å². The molecule has 4 unspecified atom stereocenters. The van der Waals surface area contributed by atoms with Gasteiger partial charge in [-0.2, -0.15) is 0 Å². The maximum Gasteiger partial charge on any atom is 0.118 e. The summed E-state index contributed by atoms with van der Waals surface area (Å²) in [4.78, 5) is 0. The summed E-state index contributed by atoms with van der Waals surface area (Å²) in [7, 11) is 0. The Balaban J connectivity index is -0.000000480. The molecule has 1 fully saturated rings. The molecule has 1 heterocycles. The van der Waals surface area contributed by atoms with Gasteiger partial charge in [-0.1, -0.05) is 22.9 Å². The Bertz CT molecular complexity index is 160. The van der Waals surface area contributed by atoms with E-state index >= 15 is 0 Å². The molecule has 1 rings (SSSR count). The number of hydrogen-bond acceptors (Lipinski definition) is 4. The van der Waals surface area contributed by atoms with Crippen molar-refractivity contribution in [3.05, 3.63) is 0 Å². The van der Waals surface area contributed by atoms with Crippen molar-refractivity contribution in [2.24, 2.45) is 5.92 Å². The van der Waals surface area contributed by atoms with Gasteiger partial charge in [0.2, 0.25) is 0 Å². The van der Waals surface area contributed by atoms with Gasteiger partial charge in [0, 0.05) is 138 Å². The molecule has 1 aliphatic rings. The predicted octanol–water partition coefficient (Wildman–Crippen LogP) is -0.544. The van der Waals surface area contributed by atoms with E-state index in [1.54, 1.807) is 6.92 Å². The second-order valence-corrected chi connectivity index (χ2v) is 3.95. The van der Waals surface area contributed by atoms with Crippen molar-refractivity contribution < 1.29 is 152 Å². The van der Waals surface area contributed by atoms with Crippen molar-refractivity contribution in [2.75, 3.05) is 6.61 Å². The van der Waals surface area contributed by atoms with Crippen molar-refractivity contribution in [1.82, 2.24) is 0 Å². The number of rotatable bonds is 1. The summed E-state index contributed by atoms with van der Waals surface area (Å²) in [6.45, 7) is 1.48. The number of aliphatic hydroxyl groups excluding tert-OH is 3. The summed E-state index contributed by atoms with van der Waals surface area (Å²) in [6.07, 6.45) is -2.54. The van der Waals surface area contributed by atoms with Crippen LogP contribution in [0.4, 0.5) is 0 Å². The van der Waals surface area contributed by atoms with Gasteiger partial charge in [0.15, 0.2) is 0 Å². The van der Waals surface area contributed by atoms with E-state index in [-0.39, 0.29) is 150 Å². The van der Waals surface area contributed by atoms with E-state index in [0.717, 1.165) is 0 Å². The van der Waals surface area contributed by atoms with Crippen molar-refractivity contribution in [2.45, 2.75) is 30.2 Å². The first-order valence-electron chi connectivity index (χ1n) is 3.84. The summed E-state index contributed by atoms with van der Waals surface area (Å²) in [5.74, 6) is -0.178. The molecule has 3 N–H and O–H groups in total. The largest absolute Gasteiger partial charge is 0.394 e. The first kappa shape index (κ1) is 24.6. The predicted molar refractivity (Wildman–Crippen MR) is 45.9 cm³/mol. The Hall–Kier alpha value is 4.64. The fourth-order valence-corrected chi connectivity index (χ4v) is 1.80. The Labute approximate surface area is 205 Å². The van der Waals surface area contributed by atoms with E-state index in [9.17, 15) is 10.2 Å². The van der Waals surface area contributed by atoms with Gasteiger partial charge in [-0.05, 0) is 0 Å². The molecule has 15 heavy (non-hydrogen) atoms. The number of hydrogen-bond donors (Lipinski definition) is 3. The minimum Gasteiger partial charge on any atom is -0.394 e. The Kier molecular flexibility index (Phi) is 20.4. The third-order valence-electron chi connectivity index (χ3n) is 2.17. The van der Waals surface area contributed by atoms with Gasteiger partial charge >= 0.3 is 0 Å². The summed E-state index contributed by atoms with van der Waals surface area (Å²) < 4.78 is 5.19. The number of ether oxygens (including phenoxy) is 1. The molecule has 5 atom stereocenters. The number of alkyl halides is 1. The van der Waals surface area contributed by atoms with Crippen LogP contribution in [0.2, 0.25) is 0 Å². The molecule has 0 aromatic heterocycles. The molecule has 0 bridgehead atoms. The molecule has 0 saturated carbocycles. The molecule has 1 saturated heterocycles. The molecule has 0 aromatic carbocycles. The average molecular weight is 922 g/mol. The Morgan fingerprint density at radius 2 is 1.60 bits per heavy atom. The average Bonchev–Trinajstić information content (AvgIpc) is 2.08. The van der Waals surface area contributed by atoms with Gasteiger partial charge in [-0.25, -0.2) is 0 Å². The van der Waals surface area contributed by atoms with Crippen molar-refractivity contribution in [3.63, 3.8) is 0 Å². The molecule has 81 valence electrons. The maximum absolute atomic E-state index is 9.45. The third kappa shape index (κ3) is 7.28. The van der Waals surface area contributed by atoms with Crippen molar-refractivity contribution >= 4 is 15.9 Å². The van der Waals surface area contributed by atoms with Crippen LogP contribution in [0, 0.1) is 138 Å². The van der Waals surface area contributed by atoms with Crippen molar-refractivity contribution in [3.8, 4) is 0 Å². The SMILES string of the molecule is CC1C(Br)OC(CO)[C@H](O)C1O.[Ac].[Ac].[Ac]. The molecule has 0 aliphatic carbocycles. The summed E-state index contributed by atoms with van der Waals surface area (Å²) in [5, 5.41) is 27.3. The van der Waals surface area contributed by atoms with Crippen molar-refractivity contribution in [1.29, 1.82) is 0 Å². The Morgan fingerprint density at radius 3 is 2.00 bits per heavy atom. The van der Waals surface area contributed by atoms with E-state index in [1.807, 2.05) is 0 Å². The molecule has 0 amide bonds. The van der Waals surface area contributed by atoms with Gasteiger partial charge in [0.1, 0.15) is 17.2 Å². The van der Waals surface area contributed by atoms with Gasteiger partial charge in [0.25, 0.3) is 0 Å². The van der Waals surface area contributed by atoms with Gasteiger partial charge in [0.05, 0.1) is 12.7 Å². The number of aliphatic hydroxyl groups is 3. The van der Waals surface area contributed by atoms with Crippen LogP contribution in [-0.2, 0) is 4.74 Å². The standard InChI is InChI=1S/C7H13BrO4.3Ac/c1-3-5(10)6(11)4(2-9)12-7(3)8;;;/h3-7,9-11H,2H2,1H3;;;/t3?,4?,5?,6-,7?;;;/m0.../s1. The van der Waals surface area contributed by atoms with Crippen LogP contribution >= 0.6 is 15.9 Å². The van der Waals surface area contributed by atoms with Crippen LogP contribution in [0.5, 0.6) is 0 Å². The zero-order valence-corrected chi connectivity index (χ0v) is 24.3. The second-order valence-electron chi connectivity index (χ2n) is 3.05. The van der Waals surface area contributed by atoms with E-state index in [2.05, 4.69) is 15.9 Å². The smallest absolute Gasteiger partial charge is 0.118 e. The summed E-state index contributed by atoms with van der Waals surface area (Å²) in [5.41, 5.74) is 0. The van der Waals surface area contributed by atoms with Crippen LogP contribution in [0.1, 0.15) is 6.92 Å². The molecule has 0 spiro atoms. The van der Waals surface area contributed by atoms with E-state index in [1.165, 1.54) is 0 Å². The minimum atomic E-state index is -1.00. The molecule has 3 radical (unpaired) electrons. The van der Waals surface area contributed by atoms with E-state index < -0.39 is 18.3 Å². The molecule has 4 nitrogen and oxygen atoms in total. The topological polar surface area (TPSA) is 69.9 Å². The Morgan fingerprint density at radius 1 is 1.13 bits per heavy atom. The first-order chi connectivity index (χ1) is 5.57. The second kappa shape index (κ2) is 12.4. The van der Waals surface area contributed by atoms with Crippen LogP contribution in [0.3, 0.4) is 0 Å². The first-order valence-corrected chi connectivity index (χ1v) is 4.76. The van der Waals surface area contributed by atoms with Gasteiger partial charge in [-0.15, -0.1) is 0 Å². The van der Waals surface area contributed by atoms with Crippen LogP contribution in [-0.4, -0.2) is 45.3 Å². The molecule has 1 aliphatic heterocycles. The fourth-order valence-electron chi connectivity index (χ4n) is 1.21. The molecule has 0 aromatic rings. The quantitative estimate of drug-likeness (QED) is 0.310. The van der Waals surface area contributed by atoms with Gasteiger partial charge in [-0.3, -0.25) is 0 Å². The monoisotopic (exact) mass is 921 g/mol. The minimum absolute atomic E-state index is 0.